The summed E-state index contributed by atoms with van der Waals surface area (Å²) in [6.45, 7) is 0. The van der Waals surface area contributed by atoms with Crippen molar-refractivity contribution in [2.24, 2.45) is 0 Å². The topological polar surface area (TPSA) is 104 Å². The second kappa shape index (κ2) is 4.93. The lowest BCUT2D eigenvalue weighted by Gasteiger charge is -2.11. The Morgan fingerprint density at radius 1 is 1.35 bits per heavy atom. The smallest absolute Gasteiger partial charge is 0.332 e. The standard InChI is InChI=1S/C13H13N3O4/c17-12(10-3-4-11(20-10)13(18)19)15-8-2-1-7-6-14-16-9(7)5-8/h1-2,5-6,10-11H,3-4H2,(H,14,16)(H,15,17)(H,18,19). The van der Waals surface area contributed by atoms with Crippen LogP contribution in [0.1, 0.15) is 12.8 Å². The van der Waals surface area contributed by atoms with E-state index in [0.29, 0.717) is 18.5 Å². The minimum Gasteiger partial charge on any atom is -0.479 e. The van der Waals surface area contributed by atoms with Gasteiger partial charge in [-0.25, -0.2) is 4.79 Å². The number of carbonyl (C=O) groups is 2. The van der Waals surface area contributed by atoms with E-state index in [1.165, 1.54) is 0 Å². The van der Waals surface area contributed by atoms with E-state index < -0.39 is 18.2 Å². The maximum absolute atomic E-state index is 12.0. The second-order valence-corrected chi connectivity index (χ2v) is 4.69. The highest BCUT2D eigenvalue weighted by molar-refractivity contribution is 5.96. The molecular weight excluding hydrogens is 262 g/mol. The summed E-state index contributed by atoms with van der Waals surface area (Å²) in [6, 6.07) is 5.37. The van der Waals surface area contributed by atoms with Crippen molar-refractivity contribution in [2.45, 2.75) is 25.0 Å². The van der Waals surface area contributed by atoms with Crippen molar-refractivity contribution < 1.29 is 19.4 Å². The van der Waals surface area contributed by atoms with Gasteiger partial charge in [0.05, 0.1) is 11.7 Å². The summed E-state index contributed by atoms with van der Waals surface area (Å²) < 4.78 is 5.20. The van der Waals surface area contributed by atoms with Gasteiger partial charge in [0.25, 0.3) is 5.91 Å². The van der Waals surface area contributed by atoms with E-state index in [1.807, 2.05) is 6.07 Å². The number of anilines is 1. The molecule has 2 unspecified atom stereocenters. The predicted molar refractivity (Wildman–Crippen MR) is 70.3 cm³/mol. The molecule has 0 bridgehead atoms. The first kappa shape index (κ1) is 12.6. The summed E-state index contributed by atoms with van der Waals surface area (Å²) in [4.78, 5) is 22.8. The molecule has 1 fully saturated rings. The Bertz CT molecular complexity index is 666. The molecule has 7 heteroatoms. The molecule has 0 aliphatic carbocycles. The molecule has 1 amide bonds. The number of ether oxygens (including phenoxy) is 1. The van der Waals surface area contributed by atoms with Crippen LogP contribution in [0.3, 0.4) is 0 Å². The zero-order valence-electron chi connectivity index (χ0n) is 10.5. The van der Waals surface area contributed by atoms with Gasteiger partial charge in [0, 0.05) is 11.1 Å². The third kappa shape index (κ3) is 2.35. The maximum Gasteiger partial charge on any atom is 0.332 e. The van der Waals surface area contributed by atoms with Crippen molar-refractivity contribution in [3.05, 3.63) is 24.4 Å². The summed E-state index contributed by atoms with van der Waals surface area (Å²) >= 11 is 0. The van der Waals surface area contributed by atoms with Crippen molar-refractivity contribution in [3.63, 3.8) is 0 Å². The summed E-state index contributed by atoms with van der Waals surface area (Å²) in [6.07, 6.45) is 0.857. The molecule has 20 heavy (non-hydrogen) atoms. The minimum absolute atomic E-state index is 0.326. The van der Waals surface area contributed by atoms with Crippen LogP contribution in [-0.4, -0.2) is 39.4 Å². The number of nitrogens with zero attached hydrogens (tertiary/aromatic N) is 1. The fourth-order valence-electron chi connectivity index (χ4n) is 2.25. The first-order valence-corrected chi connectivity index (χ1v) is 6.26. The highest BCUT2D eigenvalue weighted by Gasteiger charge is 2.34. The second-order valence-electron chi connectivity index (χ2n) is 4.69. The van der Waals surface area contributed by atoms with Gasteiger partial charge in [0.2, 0.25) is 0 Å². The van der Waals surface area contributed by atoms with Crippen LogP contribution in [0.4, 0.5) is 5.69 Å². The van der Waals surface area contributed by atoms with Crippen molar-refractivity contribution in [1.82, 2.24) is 10.2 Å². The number of aliphatic carboxylic acids is 1. The van der Waals surface area contributed by atoms with E-state index >= 15 is 0 Å². The van der Waals surface area contributed by atoms with E-state index in [2.05, 4.69) is 15.5 Å². The van der Waals surface area contributed by atoms with Crippen LogP contribution in [0.15, 0.2) is 24.4 Å². The number of amides is 1. The van der Waals surface area contributed by atoms with Gasteiger partial charge in [-0.05, 0) is 31.0 Å². The number of aromatic amines is 1. The summed E-state index contributed by atoms with van der Waals surface area (Å²) in [7, 11) is 0. The summed E-state index contributed by atoms with van der Waals surface area (Å²) in [5.41, 5.74) is 1.44. The molecule has 1 aliphatic rings. The molecule has 1 aromatic carbocycles. The van der Waals surface area contributed by atoms with Gasteiger partial charge in [0.15, 0.2) is 6.10 Å². The van der Waals surface area contributed by atoms with E-state index in [-0.39, 0.29) is 5.91 Å². The van der Waals surface area contributed by atoms with Gasteiger partial charge in [0.1, 0.15) is 6.10 Å². The number of nitrogens with one attached hydrogen (secondary N) is 2. The molecule has 2 aromatic rings. The number of aromatic nitrogens is 2. The van der Waals surface area contributed by atoms with Crippen molar-refractivity contribution in [3.8, 4) is 0 Å². The zero-order chi connectivity index (χ0) is 14.1. The van der Waals surface area contributed by atoms with Gasteiger partial charge in [-0.15, -0.1) is 0 Å². The number of carboxylic acid groups (broad SMARTS) is 1. The van der Waals surface area contributed by atoms with Crippen molar-refractivity contribution >= 4 is 28.5 Å². The lowest BCUT2D eigenvalue weighted by Crippen LogP contribution is -2.29. The maximum atomic E-state index is 12.0. The average Bonchev–Trinajstić information content (AvgIpc) is 3.07. The average molecular weight is 275 g/mol. The Balaban J connectivity index is 1.68. The quantitative estimate of drug-likeness (QED) is 0.779. The lowest BCUT2D eigenvalue weighted by atomic mass is 10.2. The Kier molecular flexibility index (Phi) is 3.11. The molecule has 3 N–H and O–H groups in total. The molecule has 0 radical (unpaired) electrons. The monoisotopic (exact) mass is 275 g/mol. The Labute approximate surface area is 113 Å². The van der Waals surface area contributed by atoms with Gasteiger partial charge >= 0.3 is 5.97 Å². The third-order valence-electron chi connectivity index (χ3n) is 3.30. The normalized spacial score (nSPS) is 22.0. The molecule has 104 valence electrons. The fraction of sp³-hybridized carbons (Fsp3) is 0.308. The largest absolute Gasteiger partial charge is 0.479 e. The highest BCUT2D eigenvalue weighted by Crippen LogP contribution is 2.22. The van der Waals surface area contributed by atoms with E-state index in [0.717, 1.165) is 10.9 Å². The molecule has 0 saturated carbocycles. The lowest BCUT2D eigenvalue weighted by molar-refractivity contribution is -0.150. The van der Waals surface area contributed by atoms with Crippen LogP contribution in [0.5, 0.6) is 0 Å². The minimum atomic E-state index is -1.03. The highest BCUT2D eigenvalue weighted by atomic mass is 16.5. The number of H-pyrrole nitrogens is 1. The molecule has 2 heterocycles. The fourth-order valence-corrected chi connectivity index (χ4v) is 2.25. The van der Waals surface area contributed by atoms with Crippen LogP contribution in [-0.2, 0) is 14.3 Å². The molecule has 0 spiro atoms. The number of fused-ring (bicyclic) bond motifs is 1. The van der Waals surface area contributed by atoms with Gasteiger partial charge < -0.3 is 15.2 Å². The van der Waals surface area contributed by atoms with Gasteiger partial charge in [-0.2, -0.15) is 5.10 Å². The SMILES string of the molecule is O=C(O)C1CCC(C(=O)Nc2ccc3cn[nH]c3c2)O1. The zero-order valence-corrected chi connectivity index (χ0v) is 10.5. The van der Waals surface area contributed by atoms with E-state index in [1.54, 1.807) is 18.3 Å². The van der Waals surface area contributed by atoms with Crippen LogP contribution in [0.25, 0.3) is 10.9 Å². The molecule has 1 aliphatic heterocycles. The Morgan fingerprint density at radius 2 is 2.15 bits per heavy atom. The molecule has 2 atom stereocenters. The molecule has 1 saturated heterocycles. The van der Waals surface area contributed by atoms with Crippen LogP contribution >= 0.6 is 0 Å². The summed E-state index contributed by atoms with van der Waals surface area (Å²) in [5.74, 6) is -1.35. The number of rotatable bonds is 3. The van der Waals surface area contributed by atoms with Crippen molar-refractivity contribution in [2.75, 3.05) is 5.32 Å². The molecule has 7 nitrogen and oxygen atoms in total. The first-order chi connectivity index (χ1) is 9.63. The number of hydrogen-bond donors (Lipinski definition) is 3. The molecular formula is C13H13N3O4. The first-order valence-electron chi connectivity index (χ1n) is 6.26. The number of carbonyl (C=O) groups excluding carboxylic acids is 1. The molecule has 3 rings (SSSR count). The van der Waals surface area contributed by atoms with Crippen LogP contribution in [0.2, 0.25) is 0 Å². The molecule has 1 aromatic heterocycles. The van der Waals surface area contributed by atoms with Gasteiger partial charge in [-0.1, -0.05) is 0 Å². The van der Waals surface area contributed by atoms with Crippen LogP contribution in [0, 0.1) is 0 Å². The summed E-state index contributed by atoms with van der Waals surface area (Å²) in [5, 5.41) is 19.2. The van der Waals surface area contributed by atoms with Gasteiger partial charge in [-0.3, -0.25) is 9.89 Å². The number of carboxylic acids is 1. The number of benzene rings is 1. The van der Waals surface area contributed by atoms with E-state index in [9.17, 15) is 9.59 Å². The number of hydrogen-bond acceptors (Lipinski definition) is 4. The predicted octanol–water partition coefficient (Wildman–Crippen LogP) is 1.13. The van der Waals surface area contributed by atoms with Crippen LogP contribution < -0.4 is 5.32 Å². The van der Waals surface area contributed by atoms with Crippen molar-refractivity contribution in [1.29, 1.82) is 0 Å². The Hall–Kier alpha value is -2.41. The third-order valence-corrected chi connectivity index (χ3v) is 3.30. The van der Waals surface area contributed by atoms with E-state index in [4.69, 9.17) is 9.84 Å². The Morgan fingerprint density at radius 3 is 2.90 bits per heavy atom.